The molecule has 0 radical (unpaired) electrons. The van der Waals surface area contributed by atoms with Crippen LogP contribution < -0.4 is 0 Å². The Bertz CT molecular complexity index is 24.9. The van der Waals surface area contributed by atoms with Crippen molar-refractivity contribution in [3.05, 3.63) is 0 Å². The predicted molar refractivity (Wildman–Crippen MR) is 24.3 cm³/mol. The minimum atomic E-state index is 0.414. The van der Waals surface area contributed by atoms with Crippen molar-refractivity contribution >= 4 is 0 Å². The van der Waals surface area contributed by atoms with Gasteiger partial charge in [0.05, 0.1) is 0 Å². The first-order chi connectivity index (χ1) is 2.64. The van der Waals surface area contributed by atoms with Crippen molar-refractivity contribution in [2.45, 2.75) is 25.6 Å². The van der Waals surface area contributed by atoms with Crippen LogP contribution in [-0.2, 0) is 16.0 Å². The van der Waals surface area contributed by atoms with Gasteiger partial charge >= 0.3 is 47.5 Å². The molecule has 0 aliphatic rings. The van der Waals surface area contributed by atoms with E-state index in [1.807, 2.05) is 6.92 Å². The van der Waals surface area contributed by atoms with E-state index in [0.29, 0.717) is 10.7 Å². The summed E-state index contributed by atoms with van der Waals surface area (Å²) in [6.07, 6.45) is 0. The standard InChI is InChI=1S/C5H11.Cu/c1-4-5(2)3;/h4-5H,1-3H3;. The summed E-state index contributed by atoms with van der Waals surface area (Å²) in [7, 11) is 0. The molecule has 0 aromatic heterocycles. The molecule has 0 saturated heterocycles. The summed E-state index contributed by atoms with van der Waals surface area (Å²) < 4.78 is 0. The van der Waals surface area contributed by atoms with E-state index in [4.69, 9.17) is 16.0 Å². The molecule has 0 fully saturated rings. The van der Waals surface area contributed by atoms with Crippen LogP contribution in [0.3, 0.4) is 0 Å². The van der Waals surface area contributed by atoms with Crippen LogP contribution in [-0.4, -0.2) is 0 Å². The monoisotopic (exact) mass is 134 g/mol. The maximum atomic E-state index is 5.04. The Morgan fingerprint density at radius 2 is 1.33 bits per heavy atom. The quantitative estimate of drug-likeness (QED) is 0.482. The fourth-order valence-electron chi connectivity index (χ4n) is 0. The van der Waals surface area contributed by atoms with Gasteiger partial charge in [0.15, 0.2) is 0 Å². The topological polar surface area (TPSA) is 0 Å². The van der Waals surface area contributed by atoms with Crippen molar-refractivity contribution in [1.29, 1.82) is 0 Å². The van der Waals surface area contributed by atoms with E-state index < -0.39 is 0 Å². The molecule has 0 aliphatic heterocycles. The summed E-state index contributed by atoms with van der Waals surface area (Å²) in [5, 5.41) is 0. The van der Waals surface area contributed by atoms with Gasteiger partial charge in [-0.1, -0.05) is 0 Å². The van der Waals surface area contributed by atoms with Crippen molar-refractivity contribution < 1.29 is 16.0 Å². The molecule has 0 amide bonds. The molecular formula is C5H11Cu. The van der Waals surface area contributed by atoms with Gasteiger partial charge in [-0.05, 0) is 0 Å². The molecule has 0 nitrogen and oxygen atoms in total. The van der Waals surface area contributed by atoms with Crippen LogP contribution in [0.2, 0.25) is 4.82 Å². The molecule has 1 unspecified atom stereocenters. The van der Waals surface area contributed by atoms with Gasteiger partial charge < -0.3 is 0 Å². The summed E-state index contributed by atoms with van der Waals surface area (Å²) in [5.41, 5.74) is 0. The fourth-order valence-corrected chi connectivity index (χ4v) is 0. The second-order valence-corrected chi connectivity index (χ2v) is 2.71. The third kappa shape index (κ3) is 2.74. The summed E-state index contributed by atoms with van der Waals surface area (Å²) >= 11 is 5.04. The van der Waals surface area contributed by atoms with Crippen molar-refractivity contribution in [3.63, 3.8) is 0 Å². The zero-order chi connectivity index (χ0) is 5.15. The summed E-state index contributed by atoms with van der Waals surface area (Å²) in [6, 6.07) is 0. The predicted octanol–water partition coefficient (Wildman–Crippen LogP) is 2.00. The summed E-state index contributed by atoms with van der Waals surface area (Å²) in [5.74, 6) is 0.657. The Morgan fingerprint density at radius 3 is 1.33 bits per heavy atom. The first-order valence-electron chi connectivity index (χ1n) is 2.24. The zero-order valence-corrected chi connectivity index (χ0v) is 5.40. The zero-order valence-electron chi connectivity index (χ0n) is 4.46. The SMILES string of the molecule is CC(C)[CH](C)[Cu]. The molecule has 0 aliphatic carbocycles. The molecule has 1 atom stereocenters. The molecule has 0 heterocycles. The molecule has 1 heteroatoms. The summed E-state index contributed by atoms with van der Waals surface area (Å²) in [6.45, 7) is 6.31. The Kier molecular flexibility index (Phi) is 2.88. The van der Waals surface area contributed by atoms with E-state index in [1.54, 1.807) is 0 Å². The van der Waals surface area contributed by atoms with E-state index in [-0.39, 0.29) is 0 Å². The van der Waals surface area contributed by atoms with Crippen LogP contribution >= 0.6 is 0 Å². The van der Waals surface area contributed by atoms with Gasteiger partial charge in [-0.15, -0.1) is 0 Å². The van der Waals surface area contributed by atoms with Gasteiger partial charge in [0.1, 0.15) is 0 Å². The van der Waals surface area contributed by atoms with Crippen LogP contribution in [0.15, 0.2) is 0 Å². The number of hydrogen-bond donors (Lipinski definition) is 0. The minimum absolute atomic E-state index is 0.414. The van der Waals surface area contributed by atoms with Crippen molar-refractivity contribution in [2.24, 2.45) is 5.92 Å². The van der Waals surface area contributed by atoms with Gasteiger partial charge in [0.2, 0.25) is 0 Å². The Morgan fingerprint density at radius 1 is 1.17 bits per heavy atom. The van der Waals surface area contributed by atoms with E-state index in [1.165, 1.54) is 0 Å². The van der Waals surface area contributed by atoms with Crippen LogP contribution in [0, 0.1) is 5.92 Å². The molecule has 0 bridgehead atoms. The van der Waals surface area contributed by atoms with E-state index >= 15 is 0 Å². The van der Waals surface area contributed by atoms with E-state index in [0.717, 1.165) is 0 Å². The van der Waals surface area contributed by atoms with Gasteiger partial charge in [-0.2, -0.15) is 0 Å². The van der Waals surface area contributed by atoms with E-state index in [9.17, 15) is 0 Å². The maximum absolute atomic E-state index is 5.04. The van der Waals surface area contributed by atoms with Gasteiger partial charge in [0, 0.05) is 0 Å². The molecule has 0 aromatic rings. The fraction of sp³-hybridized carbons (Fsp3) is 1.00. The summed E-state index contributed by atoms with van der Waals surface area (Å²) in [4.78, 5) is 0.414. The molecule has 0 rings (SSSR count). The average molecular weight is 135 g/mol. The van der Waals surface area contributed by atoms with E-state index in [2.05, 4.69) is 13.8 Å². The molecular weight excluding hydrogens is 124 g/mol. The number of hydrogen-bond acceptors (Lipinski definition) is 0. The van der Waals surface area contributed by atoms with Crippen LogP contribution in [0.25, 0.3) is 0 Å². The van der Waals surface area contributed by atoms with Crippen molar-refractivity contribution in [3.8, 4) is 0 Å². The molecule has 6 heavy (non-hydrogen) atoms. The first kappa shape index (κ1) is 6.52. The van der Waals surface area contributed by atoms with Crippen LogP contribution in [0.5, 0.6) is 0 Å². The Balaban J connectivity index is 2.99. The average Bonchev–Trinajstić information content (AvgIpc) is 1.36. The second kappa shape index (κ2) is 2.65. The van der Waals surface area contributed by atoms with Crippen LogP contribution in [0.1, 0.15) is 20.8 Å². The van der Waals surface area contributed by atoms with Crippen LogP contribution in [0.4, 0.5) is 0 Å². The third-order valence-corrected chi connectivity index (χ3v) is 1.50. The van der Waals surface area contributed by atoms with Gasteiger partial charge in [-0.3, -0.25) is 0 Å². The van der Waals surface area contributed by atoms with Crippen molar-refractivity contribution in [1.82, 2.24) is 0 Å². The molecule has 0 spiro atoms. The Hall–Kier alpha value is 0.519. The number of rotatable bonds is 1. The van der Waals surface area contributed by atoms with Gasteiger partial charge in [0.25, 0.3) is 0 Å². The molecule has 0 aromatic carbocycles. The third-order valence-electron chi connectivity index (χ3n) is 0.868. The normalized spacial score (nSPS) is 15.7. The molecule has 0 N–H and O–H groups in total. The Labute approximate surface area is 48.1 Å². The second-order valence-electron chi connectivity index (χ2n) is 1.85. The first-order valence-corrected chi connectivity index (χ1v) is 2.78. The van der Waals surface area contributed by atoms with Gasteiger partial charge in [-0.25, -0.2) is 0 Å². The molecule has 0 saturated carbocycles. The van der Waals surface area contributed by atoms with Crippen molar-refractivity contribution in [2.75, 3.05) is 0 Å². The molecule has 42 valence electrons.